The number of nitrogens with zero attached hydrogens (tertiary/aromatic N) is 1. The van der Waals surface area contributed by atoms with Crippen LogP contribution >= 0.6 is 0 Å². The number of anilines is 1. The normalized spacial score (nSPS) is 13.0. The highest BCUT2D eigenvalue weighted by Gasteiger charge is 2.16. The molecule has 0 unspecified atom stereocenters. The Morgan fingerprint density at radius 1 is 1.12 bits per heavy atom. The molecule has 2 aromatic rings. The van der Waals surface area contributed by atoms with Gasteiger partial charge in [-0.05, 0) is 36.8 Å². The van der Waals surface area contributed by atoms with Gasteiger partial charge in [0.15, 0.2) is 6.10 Å². The fraction of sp³-hybridized carbons (Fsp3) is 0.316. The molecule has 2 atom stereocenters. The van der Waals surface area contributed by atoms with Crippen molar-refractivity contribution < 1.29 is 14.6 Å². The van der Waals surface area contributed by atoms with Crippen molar-refractivity contribution in [2.75, 3.05) is 25.5 Å². The molecule has 0 radical (unpaired) electrons. The smallest absolute Gasteiger partial charge is 0.260 e. The topological polar surface area (TPSA) is 61.8 Å². The van der Waals surface area contributed by atoms with Gasteiger partial charge in [0.1, 0.15) is 5.75 Å². The summed E-state index contributed by atoms with van der Waals surface area (Å²) in [5, 5.41) is 12.9. The van der Waals surface area contributed by atoms with Crippen LogP contribution in [0.2, 0.25) is 0 Å². The number of benzene rings is 2. The van der Waals surface area contributed by atoms with Crippen LogP contribution in [-0.4, -0.2) is 37.8 Å². The average Bonchev–Trinajstić information content (AvgIpc) is 2.60. The van der Waals surface area contributed by atoms with E-state index in [9.17, 15) is 9.90 Å². The summed E-state index contributed by atoms with van der Waals surface area (Å²) in [6, 6.07) is 16.8. The Morgan fingerprint density at radius 3 is 2.33 bits per heavy atom. The molecule has 5 nitrogen and oxygen atoms in total. The molecular weight excluding hydrogens is 304 g/mol. The van der Waals surface area contributed by atoms with Gasteiger partial charge in [-0.1, -0.05) is 30.3 Å². The first-order valence-electron chi connectivity index (χ1n) is 7.92. The van der Waals surface area contributed by atoms with E-state index < -0.39 is 12.2 Å². The maximum atomic E-state index is 12.1. The number of hydrogen-bond acceptors (Lipinski definition) is 4. The van der Waals surface area contributed by atoms with E-state index in [1.165, 1.54) is 0 Å². The first-order valence-corrected chi connectivity index (χ1v) is 7.92. The van der Waals surface area contributed by atoms with E-state index in [0.29, 0.717) is 5.75 Å². The Balaban J connectivity index is 1.84. The molecule has 0 aliphatic heterocycles. The van der Waals surface area contributed by atoms with E-state index in [-0.39, 0.29) is 12.5 Å². The van der Waals surface area contributed by atoms with Gasteiger partial charge in [0, 0.05) is 26.3 Å². The largest absolute Gasteiger partial charge is 0.481 e. The van der Waals surface area contributed by atoms with Crippen LogP contribution in [0.5, 0.6) is 5.75 Å². The van der Waals surface area contributed by atoms with Gasteiger partial charge in [-0.15, -0.1) is 0 Å². The Morgan fingerprint density at radius 2 is 1.75 bits per heavy atom. The molecule has 0 aliphatic carbocycles. The van der Waals surface area contributed by atoms with E-state index >= 15 is 0 Å². The lowest BCUT2D eigenvalue weighted by Crippen LogP contribution is -2.38. The number of ether oxygens (including phenoxy) is 1. The Labute approximate surface area is 142 Å². The van der Waals surface area contributed by atoms with Crippen LogP contribution < -0.4 is 15.0 Å². The molecule has 0 bridgehead atoms. The molecule has 128 valence electrons. The lowest BCUT2D eigenvalue weighted by molar-refractivity contribution is -0.127. The number of aliphatic hydroxyl groups is 1. The number of hydrogen-bond donors (Lipinski definition) is 2. The van der Waals surface area contributed by atoms with Crippen molar-refractivity contribution in [3.8, 4) is 5.75 Å². The molecular formula is C19H24N2O3. The lowest BCUT2D eigenvalue weighted by atomic mass is 10.1. The third-order valence-corrected chi connectivity index (χ3v) is 3.69. The standard InChI is InChI=1S/C19H24N2O3/c1-14(24-17-7-5-4-6-8-17)19(23)20-13-18(22)15-9-11-16(12-10-15)21(2)3/h4-12,14,18,22H,13H2,1-3H3,(H,20,23)/t14-,18-/m0/s1. The molecule has 2 N–H and O–H groups in total. The molecule has 0 spiro atoms. The fourth-order valence-electron chi connectivity index (χ4n) is 2.21. The van der Waals surface area contributed by atoms with Crippen molar-refractivity contribution in [1.29, 1.82) is 0 Å². The van der Waals surface area contributed by atoms with Crippen molar-refractivity contribution in [1.82, 2.24) is 5.32 Å². The summed E-state index contributed by atoms with van der Waals surface area (Å²) in [4.78, 5) is 14.1. The number of amides is 1. The van der Waals surface area contributed by atoms with Crippen LogP contribution in [0.4, 0.5) is 5.69 Å². The van der Waals surface area contributed by atoms with Gasteiger partial charge in [0.25, 0.3) is 5.91 Å². The molecule has 0 saturated heterocycles. The van der Waals surface area contributed by atoms with Crippen molar-refractivity contribution in [2.45, 2.75) is 19.1 Å². The molecule has 0 heterocycles. The molecule has 5 heteroatoms. The minimum atomic E-state index is -0.755. The maximum Gasteiger partial charge on any atom is 0.260 e. The molecule has 0 saturated carbocycles. The van der Waals surface area contributed by atoms with Crippen LogP contribution in [0.1, 0.15) is 18.6 Å². The first-order chi connectivity index (χ1) is 11.5. The number of aliphatic hydroxyl groups excluding tert-OH is 1. The molecule has 0 aliphatic rings. The SMILES string of the molecule is C[C@H](Oc1ccccc1)C(=O)NC[C@H](O)c1ccc(N(C)C)cc1. The Bertz CT molecular complexity index is 641. The van der Waals surface area contributed by atoms with Crippen molar-refractivity contribution in [3.05, 3.63) is 60.2 Å². The van der Waals surface area contributed by atoms with E-state index in [2.05, 4.69) is 5.32 Å². The van der Waals surface area contributed by atoms with Gasteiger partial charge in [-0.25, -0.2) is 0 Å². The second-order valence-electron chi connectivity index (χ2n) is 5.82. The highest BCUT2D eigenvalue weighted by molar-refractivity contribution is 5.80. The third kappa shape index (κ3) is 4.99. The Hall–Kier alpha value is -2.53. The quantitative estimate of drug-likeness (QED) is 0.819. The molecule has 1 amide bonds. The monoisotopic (exact) mass is 328 g/mol. The van der Waals surface area contributed by atoms with Gasteiger partial charge < -0.3 is 20.1 Å². The number of carbonyl (C=O) groups excluding carboxylic acids is 1. The summed E-state index contributed by atoms with van der Waals surface area (Å²) in [6.07, 6.45) is -1.38. The van der Waals surface area contributed by atoms with E-state index in [0.717, 1.165) is 11.3 Å². The maximum absolute atomic E-state index is 12.1. The molecule has 0 aromatic heterocycles. The predicted molar refractivity (Wildman–Crippen MR) is 95.3 cm³/mol. The number of rotatable bonds is 7. The zero-order valence-electron chi connectivity index (χ0n) is 14.3. The molecule has 2 aromatic carbocycles. The second-order valence-corrected chi connectivity index (χ2v) is 5.82. The summed E-state index contributed by atoms with van der Waals surface area (Å²) in [5.74, 6) is 0.378. The fourth-order valence-corrected chi connectivity index (χ4v) is 2.21. The van der Waals surface area contributed by atoms with Crippen LogP contribution in [0.15, 0.2) is 54.6 Å². The highest BCUT2D eigenvalue weighted by atomic mass is 16.5. The molecule has 2 rings (SSSR count). The van der Waals surface area contributed by atoms with Gasteiger partial charge in [-0.3, -0.25) is 4.79 Å². The zero-order chi connectivity index (χ0) is 17.5. The minimum absolute atomic E-state index is 0.142. The number of nitrogens with one attached hydrogen (secondary N) is 1. The summed E-state index contributed by atoms with van der Waals surface area (Å²) in [7, 11) is 3.92. The number of carbonyl (C=O) groups is 1. The second kappa shape index (κ2) is 8.36. The minimum Gasteiger partial charge on any atom is -0.481 e. The Kier molecular flexibility index (Phi) is 6.21. The summed E-state index contributed by atoms with van der Waals surface area (Å²) in [5.41, 5.74) is 1.82. The van der Waals surface area contributed by atoms with E-state index in [1.54, 1.807) is 19.1 Å². The summed E-state index contributed by atoms with van der Waals surface area (Å²) in [6.45, 7) is 1.82. The van der Waals surface area contributed by atoms with Gasteiger partial charge in [-0.2, -0.15) is 0 Å². The highest BCUT2D eigenvalue weighted by Crippen LogP contribution is 2.17. The van der Waals surface area contributed by atoms with Crippen LogP contribution in [0.25, 0.3) is 0 Å². The van der Waals surface area contributed by atoms with E-state index in [1.807, 2.05) is 61.5 Å². The zero-order valence-corrected chi connectivity index (χ0v) is 14.3. The third-order valence-electron chi connectivity index (χ3n) is 3.69. The molecule has 24 heavy (non-hydrogen) atoms. The van der Waals surface area contributed by atoms with Gasteiger partial charge >= 0.3 is 0 Å². The van der Waals surface area contributed by atoms with Gasteiger partial charge in [0.05, 0.1) is 6.10 Å². The van der Waals surface area contributed by atoms with E-state index in [4.69, 9.17) is 4.74 Å². The van der Waals surface area contributed by atoms with Crippen LogP contribution in [-0.2, 0) is 4.79 Å². The lowest BCUT2D eigenvalue weighted by Gasteiger charge is -2.18. The van der Waals surface area contributed by atoms with Crippen LogP contribution in [0.3, 0.4) is 0 Å². The predicted octanol–water partition coefficient (Wildman–Crippen LogP) is 2.37. The summed E-state index contributed by atoms with van der Waals surface area (Å²) < 4.78 is 5.56. The van der Waals surface area contributed by atoms with Crippen molar-refractivity contribution in [2.24, 2.45) is 0 Å². The van der Waals surface area contributed by atoms with Crippen molar-refractivity contribution in [3.63, 3.8) is 0 Å². The van der Waals surface area contributed by atoms with Crippen molar-refractivity contribution >= 4 is 11.6 Å². The summed E-state index contributed by atoms with van der Waals surface area (Å²) >= 11 is 0. The average molecular weight is 328 g/mol. The first kappa shape index (κ1) is 17.8. The molecule has 0 fully saturated rings. The number of para-hydroxylation sites is 1. The van der Waals surface area contributed by atoms with Crippen LogP contribution in [0, 0.1) is 0 Å². The van der Waals surface area contributed by atoms with Gasteiger partial charge in [0.2, 0.25) is 0 Å².